The number of amides is 1. The van der Waals surface area contributed by atoms with Gasteiger partial charge in [-0.15, -0.1) is 0 Å². The van der Waals surface area contributed by atoms with Crippen molar-refractivity contribution in [2.45, 2.75) is 66.0 Å². The molecule has 1 aromatic carbocycles. The van der Waals surface area contributed by atoms with Gasteiger partial charge in [0, 0.05) is 17.0 Å². The smallest absolute Gasteiger partial charge is 0.336 e. The Hall–Kier alpha value is -3.29. The van der Waals surface area contributed by atoms with E-state index in [1.165, 1.54) is 19.2 Å². The van der Waals surface area contributed by atoms with Crippen LogP contribution in [0.15, 0.2) is 46.8 Å². The number of carbonyl (C=O) groups is 3. The molecule has 2 rings (SSSR count). The Balaban J connectivity index is 2.54. The fraction of sp³-hybridized carbons (Fsp3) is 0.480. The largest absolute Gasteiger partial charge is 0.508 e. The van der Waals surface area contributed by atoms with Gasteiger partial charge in [-0.2, -0.15) is 0 Å². The summed E-state index contributed by atoms with van der Waals surface area (Å²) in [6.45, 7) is 12.3. The van der Waals surface area contributed by atoms with Crippen molar-refractivity contribution in [3.05, 3.63) is 52.4 Å². The second-order valence-electron chi connectivity index (χ2n) is 9.45. The summed E-state index contributed by atoms with van der Waals surface area (Å²) in [4.78, 5) is 39.1. The first-order valence-corrected chi connectivity index (χ1v) is 10.9. The van der Waals surface area contributed by atoms with Crippen molar-refractivity contribution in [3.8, 4) is 5.75 Å². The number of phenols is 1. The van der Waals surface area contributed by atoms with E-state index in [1.807, 2.05) is 13.8 Å². The van der Waals surface area contributed by atoms with Crippen molar-refractivity contribution >= 4 is 17.8 Å². The van der Waals surface area contributed by atoms with Crippen LogP contribution in [0.2, 0.25) is 0 Å². The van der Waals surface area contributed by atoms with Gasteiger partial charge in [0.1, 0.15) is 17.4 Å². The third kappa shape index (κ3) is 6.15. The zero-order chi connectivity index (χ0) is 25.1. The van der Waals surface area contributed by atoms with Crippen LogP contribution < -0.4 is 10.6 Å². The lowest BCUT2D eigenvalue weighted by Crippen LogP contribution is -2.49. The summed E-state index contributed by atoms with van der Waals surface area (Å²) in [5.41, 5.74) is 1.39. The maximum atomic E-state index is 13.6. The van der Waals surface area contributed by atoms with Crippen molar-refractivity contribution in [2.24, 2.45) is 5.92 Å². The van der Waals surface area contributed by atoms with E-state index in [9.17, 15) is 19.5 Å². The molecule has 0 saturated heterocycles. The quantitative estimate of drug-likeness (QED) is 0.561. The lowest BCUT2D eigenvalue weighted by Gasteiger charge is -2.32. The van der Waals surface area contributed by atoms with Crippen LogP contribution in [0, 0.1) is 5.92 Å². The number of esters is 2. The number of aromatic hydroxyl groups is 1. The van der Waals surface area contributed by atoms with Gasteiger partial charge in [-0.3, -0.25) is 4.79 Å². The second kappa shape index (κ2) is 10.1. The predicted octanol–water partition coefficient (Wildman–Crippen LogP) is 3.28. The minimum atomic E-state index is -0.893. The zero-order valence-electron chi connectivity index (χ0n) is 20.5. The van der Waals surface area contributed by atoms with Gasteiger partial charge in [0.05, 0.1) is 18.6 Å². The molecule has 0 spiro atoms. The summed E-state index contributed by atoms with van der Waals surface area (Å²) in [6.07, 6.45) is 0. The normalized spacial score (nSPS) is 17.4. The highest BCUT2D eigenvalue weighted by molar-refractivity contribution is 6.03. The molecule has 0 fully saturated rings. The van der Waals surface area contributed by atoms with Crippen molar-refractivity contribution in [3.63, 3.8) is 0 Å². The zero-order valence-corrected chi connectivity index (χ0v) is 20.5. The Morgan fingerprint density at radius 1 is 1.09 bits per heavy atom. The Bertz CT molecular complexity index is 1000. The average molecular weight is 459 g/mol. The number of rotatable bonds is 6. The number of phenolic OH excluding ortho intramolecular Hbond substituents is 1. The van der Waals surface area contributed by atoms with Gasteiger partial charge < -0.3 is 25.2 Å². The molecule has 0 aliphatic carbocycles. The van der Waals surface area contributed by atoms with Gasteiger partial charge in [-0.05, 0) is 58.2 Å². The Morgan fingerprint density at radius 3 is 2.21 bits per heavy atom. The highest BCUT2D eigenvalue weighted by Gasteiger charge is 2.39. The van der Waals surface area contributed by atoms with E-state index >= 15 is 0 Å². The first-order valence-electron chi connectivity index (χ1n) is 10.9. The maximum Gasteiger partial charge on any atom is 0.336 e. The summed E-state index contributed by atoms with van der Waals surface area (Å²) in [5, 5.41) is 15.9. The number of allylic oxidation sites excluding steroid dienone is 2. The third-order valence-electron chi connectivity index (χ3n) is 5.23. The monoisotopic (exact) mass is 458 g/mol. The lowest BCUT2D eigenvalue weighted by molar-refractivity contribution is -0.159. The molecule has 1 aromatic rings. The maximum absolute atomic E-state index is 13.6. The molecule has 1 aliphatic rings. The molecule has 0 saturated carbocycles. The molecule has 8 heteroatoms. The van der Waals surface area contributed by atoms with Gasteiger partial charge in [0.25, 0.3) is 5.91 Å². The molecule has 1 amide bonds. The number of nitrogens with one attached hydrogen (secondary N) is 2. The Kier molecular flexibility index (Phi) is 7.95. The van der Waals surface area contributed by atoms with Gasteiger partial charge in [-0.25, -0.2) is 9.59 Å². The second-order valence-corrected chi connectivity index (χ2v) is 9.45. The van der Waals surface area contributed by atoms with Gasteiger partial charge in [0.2, 0.25) is 0 Å². The standard InChI is InChI=1S/C25H34N2O6/c1-13(2)21(24(31)33-25(5,6)7)27-22(29)18-14(3)26-15(4)19(23(30)32-8)20(18)16-10-9-11-17(28)12-16/h9-13,20-21,26,28H,1-8H3,(H,27,29)/t20?,21-/m0/s1. The van der Waals surface area contributed by atoms with Gasteiger partial charge in [0.15, 0.2) is 0 Å². The van der Waals surface area contributed by atoms with Crippen LogP contribution >= 0.6 is 0 Å². The molecule has 3 N–H and O–H groups in total. The van der Waals surface area contributed by atoms with E-state index in [-0.39, 0.29) is 22.8 Å². The van der Waals surface area contributed by atoms with E-state index in [0.717, 1.165) is 0 Å². The van der Waals surface area contributed by atoms with E-state index in [2.05, 4.69) is 10.6 Å². The number of hydrogen-bond donors (Lipinski definition) is 3. The Labute approximate surface area is 195 Å². The summed E-state index contributed by atoms with van der Waals surface area (Å²) in [5.74, 6) is -2.71. The van der Waals surface area contributed by atoms with Gasteiger partial charge >= 0.3 is 11.9 Å². The van der Waals surface area contributed by atoms with E-state index in [4.69, 9.17) is 9.47 Å². The predicted molar refractivity (Wildman–Crippen MR) is 124 cm³/mol. The molecule has 1 unspecified atom stereocenters. The minimum absolute atomic E-state index is 0.000810. The minimum Gasteiger partial charge on any atom is -0.508 e. The van der Waals surface area contributed by atoms with Crippen molar-refractivity contribution in [1.82, 2.24) is 10.6 Å². The molecule has 0 aromatic heterocycles. The highest BCUT2D eigenvalue weighted by Crippen LogP contribution is 2.39. The van der Waals surface area contributed by atoms with Crippen molar-refractivity contribution in [2.75, 3.05) is 7.11 Å². The van der Waals surface area contributed by atoms with Crippen LogP contribution in [0.25, 0.3) is 0 Å². The highest BCUT2D eigenvalue weighted by atomic mass is 16.6. The molecule has 8 nitrogen and oxygen atoms in total. The van der Waals surface area contributed by atoms with Crippen LogP contribution in [0.3, 0.4) is 0 Å². The van der Waals surface area contributed by atoms with E-state index < -0.39 is 35.4 Å². The van der Waals surface area contributed by atoms with Crippen LogP contribution in [-0.2, 0) is 23.9 Å². The average Bonchev–Trinajstić information content (AvgIpc) is 2.69. The molecule has 0 radical (unpaired) electrons. The summed E-state index contributed by atoms with van der Waals surface area (Å²) < 4.78 is 10.5. The molecule has 1 heterocycles. The van der Waals surface area contributed by atoms with Crippen molar-refractivity contribution < 1.29 is 29.0 Å². The molecule has 33 heavy (non-hydrogen) atoms. The summed E-state index contributed by atoms with van der Waals surface area (Å²) in [6, 6.07) is 5.47. The number of benzene rings is 1. The van der Waals surface area contributed by atoms with Crippen LogP contribution in [0.1, 0.15) is 59.9 Å². The number of hydrogen-bond acceptors (Lipinski definition) is 7. The summed E-state index contributed by atoms with van der Waals surface area (Å²) >= 11 is 0. The summed E-state index contributed by atoms with van der Waals surface area (Å²) in [7, 11) is 1.27. The van der Waals surface area contributed by atoms with Crippen molar-refractivity contribution in [1.29, 1.82) is 0 Å². The molecule has 0 bridgehead atoms. The number of carbonyl (C=O) groups excluding carboxylic acids is 3. The molecular formula is C25H34N2O6. The van der Waals surface area contributed by atoms with Crippen LogP contribution in [-0.4, -0.2) is 41.7 Å². The first kappa shape index (κ1) is 26.0. The topological polar surface area (TPSA) is 114 Å². The van der Waals surface area contributed by atoms with Gasteiger partial charge in [-0.1, -0.05) is 26.0 Å². The molecule has 2 atom stereocenters. The van der Waals surface area contributed by atoms with Crippen LogP contribution in [0.5, 0.6) is 5.75 Å². The van der Waals surface area contributed by atoms with Crippen LogP contribution in [0.4, 0.5) is 0 Å². The fourth-order valence-electron chi connectivity index (χ4n) is 3.80. The fourth-order valence-corrected chi connectivity index (χ4v) is 3.80. The third-order valence-corrected chi connectivity index (χ3v) is 5.23. The number of ether oxygens (including phenoxy) is 2. The molecule has 1 aliphatic heterocycles. The van der Waals surface area contributed by atoms with E-state index in [1.54, 1.807) is 46.8 Å². The molecular weight excluding hydrogens is 424 g/mol. The lowest BCUT2D eigenvalue weighted by atomic mass is 9.79. The number of methoxy groups -OCH3 is 1. The first-order chi connectivity index (χ1) is 15.3. The Morgan fingerprint density at radius 2 is 1.70 bits per heavy atom. The van der Waals surface area contributed by atoms with E-state index in [0.29, 0.717) is 17.0 Å². The molecule has 180 valence electrons. The number of dihydropyridines is 1. The SMILES string of the molecule is COC(=O)C1=C(C)NC(C)=C(C(=O)N[C@H](C(=O)OC(C)(C)C)C(C)C)C1c1cccc(O)c1.